The van der Waals surface area contributed by atoms with Crippen molar-refractivity contribution in [2.45, 2.75) is 13.5 Å². The van der Waals surface area contributed by atoms with Crippen LogP contribution in [0.5, 0.6) is 5.75 Å². The van der Waals surface area contributed by atoms with Crippen LogP contribution in [-0.2, 0) is 6.54 Å². The molecule has 0 saturated heterocycles. The molecule has 0 bridgehead atoms. The molecule has 8 heteroatoms. The number of nitrogens with one attached hydrogen (secondary N) is 3. The number of nitrogens with zero attached hydrogens (tertiary/aromatic N) is 1. The van der Waals surface area contributed by atoms with Crippen molar-refractivity contribution in [3.8, 4) is 5.75 Å². The lowest BCUT2D eigenvalue weighted by molar-refractivity contribution is 0.0954. The summed E-state index contributed by atoms with van der Waals surface area (Å²) in [5, 5.41) is 9.11. The lowest BCUT2D eigenvalue weighted by atomic mass is 10.1. The van der Waals surface area contributed by atoms with Crippen molar-refractivity contribution in [3.05, 3.63) is 65.0 Å². The van der Waals surface area contributed by atoms with Gasteiger partial charge in [0.2, 0.25) is 0 Å². The van der Waals surface area contributed by atoms with E-state index in [1.807, 2.05) is 0 Å². The molecule has 0 heterocycles. The van der Waals surface area contributed by atoms with Gasteiger partial charge < -0.3 is 20.7 Å². The minimum Gasteiger partial charge on any atom is -0.497 e. The Morgan fingerprint density at radius 3 is 2.36 bits per heavy atom. The van der Waals surface area contributed by atoms with E-state index in [2.05, 4.69) is 20.9 Å². The highest BCUT2D eigenvalue weighted by Gasteiger charge is 2.05. The highest BCUT2D eigenvalue weighted by molar-refractivity contribution is 14.0. The number of carbonyl (C=O) groups excluding carboxylic acids is 1. The Bertz CT molecular complexity index is 797. The molecule has 0 aromatic heterocycles. The zero-order chi connectivity index (χ0) is 19.6. The molecule has 2 aromatic carbocycles. The highest BCUT2D eigenvalue weighted by atomic mass is 127. The summed E-state index contributed by atoms with van der Waals surface area (Å²) in [6.07, 6.45) is 0. The van der Waals surface area contributed by atoms with Gasteiger partial charge in [-0.15, -0.1) is 24.0 Å². The Morgan fingerprint density at radius 1 is 1.07 bits per heavy atom. The van der Waals surface area contributed by atoms with E-state index in [-0.39, 0.29) is 35.7 Å². The van der Waals surface area contributed by atoms with Crippen LogP contribution in [0.15, 0.2) is 47.5 Å². The summed E-state index contributed by atoms with van der Waals surface area (Å²) >= 11 is 0. The van der Waals surface area contributed by atoms with E-state index in [1.165, 1.54) is 6.07 Å². The van der Waals surface area contributed by atoms with Crippen molar-refractivity contribution < 1.29 is 13.9 Å². The average molecular weight is 500 g/mol. The second-order valence-corrected chi connectivity index (χ2v) is 5.92. The fourth-order valence-electron chi connectivity index (χ4n) is 2.42. The van der Waals surface area contributed by atoms with Gasteiger partial charge in [-0.05, 0) is 48.4 Å². The van der Waals surface area contributed by atoms with E-state index in [9.17, 15) is 9.18 Å². The molecular weight excluding hydrogens is 474 g/mol. The molecule has 0 saturated carbocycles. The van der Waals surface area contributed by atoms with Gasteiger partial charge in [-0.1, -0.05) is 12.1 Å². The molecular formula is C20H26FIN4O2. The Labute approximate surface area is 182 Å². The van der Waals surface area contributed by atoms with E-state index >= 15 is 0 Å². The largest absolute Gasteiger partial charge is 0.497 e. The molecule has 0 fully saturated rings. The maximum absolute atomic E-state index is 13.3. The molecule has 152 valence electrons. The second-order valence-electron chi connectivity index (χ2n) is 5.92. The van der Waals surface area contributed by atoms with Crippen LogP contribution < -0.4 is 20.7 Å². The predicted molar refractivity (Wildman–Crippen MR) is 120 cm³/mol. The molecule has 0 unspecified atom stereocenters. The molecule has 2 aromatic rings. The van der Waals surface area contributed by atoms with Crippen LogP contribution >= 0.6 is 24.0 Å². The number of aliphatic imine (C=N–C) groups is 1. The van der Waals surface area contributed by atoms with E-state index in [0.717, 1.165) is 5.56 Å². The standard InChI is InChI=1S/C20H25FN4O2.HI/c1-14-12-15(4-9-18(14)21)13-25-20(22-2)24-11-10-23-19(26)16-5-7-17(27-3)8-6-16;/h4-9,12H,10-11,13H2,1-3H3,(H,23,26)(H2,22,24,25);1H. The van der Waals surface area contributed by atoms with Crippen LogP contribution in [0.2, 0.25) is 0 Å². The number of halogens is 2. The van der Waals surface area contributed by atoms with Gasteiger partial charge in [-0.3, -0.25) is 9.79 Å². The van der Waals surface area contributed by atoms with E-state index in [0.29, 0.717) is 42.5 Å². The smallest absolute Gasteiger partial charge is 0.251 e. The molecule has 0 atom stereocenters. The lowest BCUT2D eigenvalue weighted by Gasteiger charge is -2.13. The van der Waals surface area contributed by atoms with Crippen molar-refractivity contribution in [2.75, 3.05) is 27.2 Å². The Kier molecular flexibility index (Phi) is 10.3. The third-order valence-corrected chi connectivity index (χ3v) is 3.96. The molecule has 0 radical (unpaired) electrons. The fourth-order valence-corrected chi connectivity index (χ4v) is 2.42. The van der Waals surface area contributed by atoms with E-state index in [1.54, 1.807) is 57.5 Å². The third-order valence-electron chi connectivity index (χ3n) is 3.96. The first-order valence-electron chi connectivity index (χ1n) is 8.65. The monoisotopic (exact) mass is 500 g/mol. The van der Waals surface area contributed by atoms with Crippen molar-refractivity contribution in [1.82, 2.24) is 16.0 Å². The lowest BCUT2D eigenvalue weighted by Crippen LogP contribution is -2.41. The predicted octanol–water partition coefficient (Wildman–Crippen LogP) is 2.86. The van der Waals surface area contributed by atoms with Gasteiger partial charge in [0.25, 0.3) is 5.91 Å². The first-order chi connectivity index (χ1) is 13.0. The Balaban J connectivity index is 0.00000392. The van der Waals surface area contributed by atoms with Gasteiger partial charge in [0.15, 0.2) is 5.96 Å². The van der Waals surface area contributed by atoms with Crippen LogP contribution in [0.1, 0.15) is 21.5 Å². The van der Waals surface area contributed by atoms with Gasteiger partial charge in [-0.2, -0.15) is 0 Å². The van der Waals surface area contributed by atoms with Gasteiger partial charge >= 0.3 is 0 Å². The summed E-state index contributed by atoms with van der Waals surface area (Å²) in [5.74, 6) is 0.952. The molecule has 28 heavy (non-hydrogen) atoms. The number of guanidine groups is 1. The average Bonchev–Trinajstić information content (AvgIpc) is 2.69. The molecule has 2 rings (SSSR count). The number of carbonyl (C=O) groups is 1. The van der Waals surface area contributed by atoms with E-state index in [4.69, 9.17) is 4.74 Å². The fraction of sp³-hybridized carbons (Fsp3) is 0.300. The summed E-state index contributed by atoms with van der Waals surface area (Å²) in [7, 11) is 3.25. The van der Waals surface area contributed by atoms with Crippen LogP contribution in [0.3, 0.4) is 0 Å². The number of hydrogen-bond acceptors (Lipinski definition) is 3. The van der Waals surface area contributed by atoms with Crippen LogP contribution in [-0.4, -0.2) is 39.1 Å². The molecule has 6 nitrogen and oxygen atoms in total. The summed E-state index contributed by atoms with van der Waals surface area (Å²) in [6.45, 7) is 3.22. The van der Waals surface area contributed by atoms with Crippen molar-refractivity contribution >= 4 is 35.8 Å². The molecule has 0 aliphatic carbocycles. The summed E-state index contributed by atoms with van der Waals surface area (Å²) in [4.78, 5) is 16.2. The maximum atomic E-state index is 13.3. The molecule has 0 aliphatic rings. The third kappa shape index (κ3) is 7.34. The highest BCUT2D eigenvalue weighted by Crippen LogP contribution is 2.11. The van der Waals surface area contributed by atoms with Gasteiger partial charge in [0, 0.05) is 32.2 Å². The van der Waals surface area contributed by atoms with Crippen molar-refractivity contribution in [1.29, 1.82) is 0 Å². The normalized spacial score (nSPS) is 10.6. The van der Waals surface area contributed by atoms with E-state index < -0.39 is 0 Å². The first-order valence-corrected chi connectivity index (χ1v) is 8.65. The number of benzene rings is 2. The number of ether oxygens (including phenoxy) is 1. The maximum Gasteiger partial charge on any atom is 0.251 e. The minimum absolute atomic E-state index is 0. The number of amides is 1. The van der Waals surface area contributed by atoms with Crippen LogP contribution in [0, 0.1) is 12.7 Å². The van der Waals surface area contributed by atoms with Gasteiger partial charge in [0.1, 0.15) is 11.6 Å². The SMILES string of the molecule is CN=C(NCCNC(=O)c1ccc(OC)cc1)NCc1ccc(F)c(C)c1.I. The Hall–Kier alpha value is -2.36. The zero-order valence-corrected chi connectivity index (χ0v) is 18.5. The molecule has 1 amide bonds. The minimum atomic E-state index is -0.214. The zero-order valence-electron chi connectivity index (χ0n) is 16.2. The van der Waals surface area contributed by atoms with Gasteiger partial charge in [-0.25, -0.2) is 4.39 Å². The van der Waals surface area contributed by atoms with Crippen LogP contribution in [0.25, 0.3) is 0 Å². The molecule has 0 aliphatic heterocycles. The number of hydrogen-bond donors (Lipinski definition) is 3. The second kappa shape index (κ2) is 12.2. The summed E-state index contributed by atoms with van der Waals surface area (Å²) < 4.78 is 18.4. The quantitative estimate of drug-likeness (QED) is 0.237. The number of aryl methyl sites for hydroxylation is 1. The summed E-state index contributed by atoms with van der Waals surface area (Å²) in [5.41, 5.74) is 2.15. The molecule has 3 N–H and O–H groups in total. The summed E-state index contributed by atoms with van der Waals surface area (Å²) in [6, 6.07) is 11.9. The first kappa shape index (κ1) is 23.7. The number of methoxy groups -OCH3 is 1. The van der Waals surface area contributed by atoms with Gasteiger partial charge in [0.05, 0.1) is 7.11 Å². The molecule has 0 spiro atoms. The number of rotatable bonds is 7. The topological polar surface area (TPSA) is 74.8 Å². The Morgan fingerprint density at radius 2 is 1.75 bits per heavy atom. The van der Waals surface area contributed by atoms with Crippen molar-refractivity contribution in [3.63, 3.8) is 0 Å². The van der Waals surface area contributed by atoms with Crippen LogP contribution in [0.4, 0.5) is 4.39 Å². The van der Waals surface area contributed by atoms with Crippen molar-refractivity contribution in [2.24, 2.45) is 4.99 Å².